The van der Waals surface area contributed by atoms with Crippen molar-refractivity contribution in [1.29, 1.82) is 0 Å². The summed E-state index contributed by atoms with van der Waals surface area (Å²) in [7, 11) is 3.00. The maximum absolute atomic E-state index is 12.2. The van der Waals surface area contributed by atoms with Crippen molar-refractivity contribution >= 4 is 34.8 Å². The molecule has 0 bridgehead atoms. The molecule has 2 amide bonds. The zero-order chi connectivity index (χ0) is 20.7. The number of hydrazone groups is 1. The molecular weight excluding hydrogens is 382 g/mol. The Balaban J connectivity index is 1.97. The number of carbonyl (C=O) groups excluding carboxylic acids is 2. The highest BCUT2D eigenvalue weighted by Crippen LogP contribution is 2.27. The van der Waals surface area contributed by atoms with Gasteiger partial charge in [-0.3, -0.25) is 9.59 Å². The highest BCUT2D eigenvalue weighted by atomic mass is 35.5. The quantitative estimate of drug-likeness (QED) is 0.543. The van der Waals surface area contributed by atoms with E-state index >= 15 is 0 Å². The van der Waals surface area contributed by atoms with Crippen LogP contribution in [0.25, 0.3) is 0 Å². The fraction of sp³-hybridized carbons (Fsp3) is 0.250. The molecule has 0 aromatic heterocycles. The van der Waals surface area contributed by atoms with Gasteiger partial charge in [-0.05, 0) is 49.7 Å². The summed E-state index contributed by atoms with van der Waals surface area (Å²) in [6.45, 7) is 3.47. The first-order chi connectivity index (χ1) is 13.3. The molecule has 0 heterocycles. The van der Waals surface area contributed by atoms with E-state index in [9.17, 15) is 9.59 Å². The van der Waals surface area contributed by atoms with Crippen LogP contribution in [0.15, 0.2) is 41.5 Å². The molecule has 8 heteroatoms. The molecule has 28 heavy (non-hydrogen) atoms. The molecule has 0 saturated heterocycles. The van der Waals surface area contributed by atoms with Crippen LogP contribution >= 0.6 is 11.6 Å². The monoisotopic (exact) mass is 403 g/mol. The molecule has 0 spiro atoms. The van der Waals surface area contributed by atoms with Gasteiger partial charge in [-0.25, -0.2) is 5.43 Å². The third kappa shape index (κ3) is 5.47. The van der Waals surface area contributed by atoms with E-state index in [1.807, 2.05) is 6.92 Å². The maximum atomic E-state index is 12.2. The van der Waals surface area contributed by atoms with Crippen LogP contribution in [0.2, 0.25) is 5.02 Å². The minimum absolute atomic E-state index is 0.0260. The number of carbonyl (C=O) groups is 2. The van der Waals surface area contributed by atoms with E-state index in [0.29, 0.717) is 33.5 Å². The van der Waals surface area contributed by atoms with E-state index in [-0.39, 0.29) is 12.3 Å². The summed E-state index contributed by atoms with van der Waals surface area (Å²) in [5.41, 5.74) is 4.66. The van der Waals surface area contributed by atoms with E-state index in [4.69, 9.17) is 21.1 Å². The van der Waals surface area contributed by atoms with Gasteiger partial charge in [0.05, 0.1) is 20.6 Å². The SMILES string of the molecule is COc1ccc(C(=O)NN=C(C)CC(=O)Nc2cccc(Cl)c2C)cc1OC. The molecule has 2 aromatic carbocycles. The summed E-state index contributed by atoms with van der Waals surface area (Å²) in [6, 6.07) is 10.1. The van der Waals surface area contributed by atoms with Gasteiger partial charge in [0.2, 0.25) is 5.91 Å². The predicted molar refractivity (Wildman–Crippen MR) is 110 cm³/mol. The second-order valence-electron chi connectivity index (χ2n) is 6.00. The number of hydrogen-bond acceptors (Lipinski definition) is 5. The van der Waals surface area contributed by atoms with Crippen LogP contribution in [0.4, 0.5) is 5.69 Å². The summed E-state index contributed by atoms with van der Waals surface area (Å²) in [5, 5.41) is 7.33. The van der Waals surface area contributed by atoms with E-state index in [1.54, 1.807) is 43.3 Å². The first-order valence-electron chi connectivity index (χ1n) is 8.46. The van der Waals surface area contributed by atoms with E-state index < -0.39 is 5.91 Å². The zero-order valence-corrected chi connectivity index (χ0v) is 16.9. The molecule has 0 fully saturated rings. The number of nitrogens with one attached hydrogen (secondary N) is 2. The van der Waals surface area contributed by atoms with Gasteiger partial charge in [0.25, 0.3) is 5.91 Å². The number of hydrogen-bond donors (Lipinski definition) is 2. The number of rotatable bonds is 7. The Morgan fingerprint density at radius 1 is 1.11 bits per heavy atom. The third-order valence-corrected chi connectivity index (χ3v) is 4.36. The largest absolute Gasteiger partial charge is 0.493 e. The van der Waals surface area contributed by atoms with Gasteiger partial charge in [-0.2, -0.15) is 5.10 Å². The van der Waals surface area contributed by atoms with Gasteiger partial charge in [0.15, 0.2) is 11.5 Å². The normalized spacial score (nSPS) is 11.0. The molecule has 0 saturated carbocycles. The molecular formula is C20H22ClN3O4. The lowest BCUT2D eigenvalue weighted by atomic mass is 10.2. The number of ether oxygens (including phenoxy) is 2. The molecule has 2 aromatic rings. The van der Waals surface area contributed by atoms with Gasteiger partial charge < -0.3 is 14.8 Å². The lowest BCUT2D eigenvalue weighted by Crippen LogP contribution is -2.21. The summed E-state index contributed by atoms with van der Waals surface area (Å²) in [5.74, 6) is 0.275. The first kappa shape index (κ1) is 21.2. The highest BCUT2D eigenvalue weighted by Gasteiger charge is 2.11. The second kappa shape index (κ2) is 9.75. The van der Waals surface area contributed by atoms with Crippen molar-refractivity contribution in [2.45, 2.75) is 20.3 Å². The zero-order valence-electron chi connectivity index (χ0n) is 16.1. The van der Waals surface area contributed by atoms with Crippen LogP contribution in [-0.4, -0.2) is 31.7 Å². The lowest BCUT2D eigenvalue weighted by molar-refractivity contribution is -0.115. The molecule has 2 N–H and O–H groups in total. The fourth-order valence-electron chi connectivity index (χ4n) is 2.40. The second-order valence-corrected chi connectivity index (χ2v) is 6.40. The number of amides is 2. The molecule has 148 valence electrons. The van der Waals surface area contributed by atoms with Crippen molar-refractivity contribution in [3.05, 3.63) is 52.5 Å². The Morgan fingerprint density at radius 2 is 1.82 bits per heavy atom. The van der Waals surface area contributed by atoms with Crippen molar-refractivity contribution in [2.24, 2.45) is 5.10 Å². The summed E-state index contributed by atoms with van der Waals surface area (Å²) in [4.78, 5) is 24.4. The van der Waals surface area contributed by atoms with Crippen molar-refractivity contribution in [3.63, 3.8) is 0 Å². The molecule has 0 atom stereocenters. The topological polar surface area (TPSA) is 89.0 Å². The van der Waals surface area contributed by atoms with Gasteiger partial charge in [-0.15, -0.1) is 0 Å². The van der Waals surface area contributed by atoms with Crippen LogP contribution < -0.4 is 20.2 Å². The lowest BCUT2D eigenvalue weighted by Gasteiger charge is -2.10. The molecule has 0 aliphatic carbocycles. The molecule has 0 aliphatic rings. The number of benzene rings is 2. The summed E-state index contributed by atoms with van der Waals surface area (Å²) >= 11 is 6.05. The summed E-state index contributed by atoms with van der Waals surface area (Å²) < 4.78 is 10.3. The number of anilines is 1. The van der Waals surface area contributed by atoms with Gasteiger partial charge in [0.1, 0.15) is 0 Å². The third-order valence-electron chi connectivity index (χ3n) is 3.95. The predicted octanol–water partition coefficient (Wildman–Crippen LogP) is 3.80. The first-order valence-corrected chi connectivity index (χ1v) is 8.84. The van der Waals surface area contributed by atoms with Crippen molar-refractivity contribution < 1.29 is 19.1 Å². The Kier molecular flexibility index (Phi) is 7.40. The standard InChI is InChI=1S/C20H22ClN3O4/c1-12(10-19(25)22-16-7-5-6-15(21)13(16)2)23-24-20(26)14-8-9-17(27-3)18(11-14)28-4/h5-9,11H,10H2,1-4H3,(H,22,25)(H,24,26). The van der Waals surface area contributed by atoms with Gasteiger partial charge in [0, 0.05) is 22.0 Å². The van der Waals surface area contributed by atoms with Crippen LogP contribution in [0, 0.1) is 6.92 Å². The maximum Gasteiger partial charge on any atom is 0.271 e. The molecule has 0 unspecified atom stereocenters. The Bertz CT molecular complexity index is 912. The number of nitrogens with zero attached hydrogens (tertiary/aromatic N) is 1. The van der Waals surface area contributed by atoms with Crippen molar-refractivity contribution in [1.82, 2.24) is 5.43 Å². The van der Waals surface area contributed by atoms with E-state index in [0.717, 1.165) is 5.56 Å². The van der Waals surface area contributed by atoms with Gasteiger partial charge in [-0.1, -0.05) is 17.7 Å². The van der Waals surface area contributed by atoms with Crippen LogP contribution in [-0.2, 0) is 4.79 Å². The van der Waals surface area contributed by atoms with Crippen molar-refractivity contribution in [3.8, 4) is 11.5 Å². The highest BCUT2D eigenvalue weighted by molar-refractivity contribution is 6.31. The molecule has 7 nitrogen and oxygen atoms in total. The minimum atomic E-state index is -0.425. The van der Waals surface area contributed by atoms with E-state index in [2.05, 4.69) is 15.8 Å². The number of halogens is 1. The fourth-order valence-corrected chi connectivity index (χ4v) is 2.57. The Labute approximate surface area is 168 Å². The van der Waals surface area contributed by atoms with Crippen molar-refractivity contribution in [2.75, 3.05) is 19.5 Å². The number of methoxy groups -OCH3 is 2. The average Bonchev–Trinajstić information content (AvgIpc) is 2.69. The van der Waals surface area contributed by atoms with E-state index in [1.165, 1.54) is 14.2 Å². The molecule has 2 rings (SSSR count). The minimum Gasteiger partial charge on any atom is -0.493 e. The summed E-state index contributed by atoms with van der Waals surface area (Å²) in [6.07, 6.45) is 0.0260. The Morgan fingerprint density at radius 3 is 2.50 bits per heavy atom. The smallest absolute Gasteiger partial charge is 0.271 e. The Hall–Kier alpha value is -3.06. The van der Waals surface area contributed by atoms with Crippen LogP contribution in [0.3, 0.4) is 0 Å². The molecule has 0 aliphatic heterocycles. The van der Waals surface area contributed by atoms with Crippen LogP contribution in [0.1, 0.15) is 29.3 Å². The van der Waals surface area contributed by atoms with Gasteiger partial charge >= 0.3 is 0 Å². The molecule has 0 radical (unpaired) electrons. The van der Waals surface area contributed by atoms with Crippen LogP contribution in [0.5, 0.6) is 11.5 Å². The average molecular weight is 404 g/mol.